The highest BCUT2D eigenvalue weighted by Gasteiger charge is 2.24. The largest absolute Gasteiger partial charge is 0.427 e. The standard InChI is InChI=1S/C13H14N2O4/c1-8(17)19-11-4-2-9(3-5-11)13-10(7-16)6-12(18)14-15-13/h2-5,10,16H,6-7H2,1H3,(H,14,18). The monoisotopic (exact) mass is 262 g/mol. The quantitative estimate of drug-likeness (QED) is 0.611. The third-order valence-electron chi connectivity index (χ3n) is 2.75. The van der Waals surface area contributed by atoms with Crippen LogP contribution in [-0.2, 0) is 9.59 Å². The molecule has 100 valence electrons. The van der Waals surface area contributed by atoms with Crippen molar-refractivity contribution < 1.29 is 19.4 Å². The molecular weight excluding hydrogens is 248 g/mol. The Balaban J connectivity index is 2.21. The smallest absolute Gasteiger partial charge is 0.308 e. The van der Waals surface area contributed by atoms with Gasteiger partial charge in [0.2, 0.25) is 5.91 Å². The van der Waals surface area contributed by atoms with Gasteiger partial charge in [-0.3, -0.25) is 9.59 Å². The van der Waals surface area contributed by atoms with Gasteiger partial charge in [0.15, 0.2) is 0 Å². The third kappa shape index (κ3) is 3.17. The van der Waals surface area contributed by atoms with Crippen LogP contribution in [0.1, 0.15) is 18.9 Å². The lowest BCUT2D eigenvalue weighted by Gasteiger charge is -2.21. The Bertz CT molecular complexity index is 522. The second-order valence-corrected chi connectivity index (χ2v) is 4.23. The zero-order chi connectivity index (χ0) is 13.8. The summed E-state index contributed by atoms with van der Waals surface area (Å²) in [5.41, 5.74) is 3.79. The number of esters is 1. The summed E-state index contributed by atoms with van der Waals surface area (Å²) < 4.78 is 4.93. The molecular formula is C13H14N2O4. The molecule has 1 aliphatic heterocycles. The maximum Gasteiger partial charge on any atom is 0.308 e. The van der Waals surface area contributed by atoms with Crippen LogP contribution in [0.2, 0.25) is 0 Å². The molecule has 0 saturated carbocycles. The maximum atomic E-state index is 11.2. The fourth-order valence-corrected chi connectivity index (χ4v) is 1.89. The predicted octanol–water partition coefficient (Wildman–Crippen LogP) is 0.444. The van der Waals surface area contributed by atoms with E-state index in [-0.39, 0.29) is 30.8 Å². The lowest BCUT2D eigenvalue weighted by Crippen LogP contribution is -2.35. The van der Waals surface area contributed by atoms with Crippen LogP contribution in [0.25, 0.3) is 0 Å². The zero-order valence-electron chi connectivity index (χ0n) is 10.4. The van der Waals surface area contributed by atoms with Gasteiger partial charge in [-0.15, -0.1) is 0 Å². The van der Waals surface area contributed by atoms with E-state index in [1.165, 1.54) is 6.92 Å². The lowest BCUT2D eigenvalue weighted by atomic mass is 9.93. The number of nitrogens with one attached hydrogen (secondary N) is 1. The first-order valence-electron chi connectivity index (χ1n) is 5.86. The molecule has 6 nitrogen and oxygen atoms in total. The van der Waals surface area contributed by atoms with E-state index in [2.05, 4.69) is 10.5 Å². The van der Waals surface area contributed by atoms with Gasteiger partial charge < -0.3 is 9.84 Å². The molecule has 0 fully saturated rings. The number of benzene rings is 1. The molecule has 2 rings (SSSR count). The number of carbonyl (C=O) groups excluding carboxylic acids is 2. The van der Waals surface area contributed by atoms with E-state index in [4.69, 9.17) is 4.74 Å². The Morgan fingerprint density at radius 3 is 2.74 bits per heavy atom. The van der Waals surface area contributed by atoms with Crippen molar-refractivity contribution in [2.75, 3.05) is 6.61 Å². The van der Waals surface area contributed by atoms with E-state index in [1.807, 2.05) is 0 Å². The SMILES string of the molecule is CC(=O)Oc1ccc(C2=NNC(=O)CC2CO)cc1. The minimum atomic E-state index is -0.386. The van der Waals surface area contributed by atoms with Crippen molar-refractivity contribution >= 4 is 17.6 Å². The van der Waals surface area contributed by atoms with Crippen molar-refractivity contribution in [2.45, 2.75) is 13.3 Å². The number of carbonyl (C=O) groups is 2. The second kappa shape index (κ2) is 5.62. The average molecular weight is 262 g/mol. The van der Waals surface area contributed by atoms with Gasteiger partial charge in [-0.1, -0.05) is 0 Å². The van der Waals surface area contributed by atoms with Gasteiger partial charge >= 0.3 is 5.97 Å². The normalized spacial score (nSPS) is 18.5. The minimum absolute atomic E-state index is 0.141. The van der Waals surface area contributed by atoms with E-state index >= 15 is 0 Å². The Morgan fingerprint density at radius 1 is 1.47 bits per heavy atom. The van der Waals surface area contributed by atoms with Crippen molar-refractivity contribution in [3.63, 3.8) is 0 Å². The summed E-state index contributed by atoms with van der Waals surface area (Å²) >= 11 is 0. The molecule has 2 N–H and O–H groups in total. The van der Waals surface area contributed by atoms with Crippen molar-refractivity contribution in [3.05, 3.63) is 29.8 Å². The van der Waals surface area contributed by atoms with Gasteiger partial charge in [-0.25, -0.2) is 5.43 Å². The summed E-state index contributed by atoms with van der Waals surface area (Å²) in [6.45, 7) is 1.19. The van der Waals surface area contributed by atoms with Gasteiger partial charge in [0.05, 0.1) is 12.3 Å². The molecule has 0 aromatic heterocycles. The molecule has 19 heavy (non-hydrogen) atoms. The number of aliphatic hydroxyl groups is 1. The lowest BCUT2D eigenvalue weighted by molar-refractivity contribution is -0.131. The fraction of sp³-hybridized carbons (Fsp3) is 0.308. The van der Waals surface area contributed by atoms with Crippen LogP contribution in [-0.4, -0.2) is 29.3 Å². The first-order chi connectivity index (χ1) is 9.10. The number of hydrogen-bond donors (Lipinski definition) is 2. The van der Waals surface area contributed by atoms with E-state index in [0.29, 0.717) is 11.5 Å². The Morgan fingerprint density at radius 2 is 2.16 bits per heavy atom. The summed E-state index contributed by atoms with van der Waals surface area (Å²) in [4.78, 5) is 22.0. The van der Waals surface area contributed by atoms with Crippen LogP contribution in [0, 0.1) is 5.92 Å². The Hall–Kier alpha value is -2.21. The number of amides is 1. The first kappa shape index (κ1) is 13.2. The predicted molar refractivity (Wildman–Crippen MR) is 67.6 cm³/mol. The number of nitrogens with zero attached hydrogens (tertiary/aromatic N) is 1. The number of ether oxygens (including phenoxy) is 1. The summed E-state index contributed by atoms with van der Waals surface area (Å²) in [5.74, 6) is -0.465. The third-order valence-corrected chi connectivity index (χ3v) is 2.75. The van der Waals surface area contributed by atoms with Crippen molar-refractivity contribution in [3.8, 4) is 5.75 Å². The van der Waals surface area contributed by atoms with E-state index in [1.54, 1.807) is 24.3 Å². The molecule has 0 spiro atoms. The van der Waals surface area contributed by atoms with E-state index in [0.717, 1.165) is 5.56 Å². The number of rotatable bonds is 3. The van der Waals surface area contributed by atoms with Gasteiger partial charge in [-0.05, 0) is 29.8 Å². The van der Waals surface area contributed by atoms with Gasteiger partial charge in [0.25, 0.3) is 0 Å². The summed E-state index contributed by atoms with van der Waals surface area (Å²) in [5, 5.41) is 13.3. The molecule has 0 bridgehead atoms. The van der Waals surface area contributed by atoms with Crippen molar-refractivity contribution in [2.24, 2.45) is 11.0 Å². The molecule has 0 saturated heterocycles. The molecule has 1 unspecified atom stereocenters. The van der Waals surface area contributed by atoms with Crippen LogP contribution in [0.3, 0.4) is 0 Å². The molecule has 1 atom stereocenters. The number of hydrogen-bond acceptors (Lipinski definition) is 5. The minimum Gasteiger partial charge on any atom is -0.427 e. The number of hydrazone groups is 1. The van der Waals surface area contributed by atoms with E-state index in [9.17, 15) is 14.7 Å². The van der Waals surface area contributed by atoms with Crippen molar-refractivity contribution in [1.82, 2.24) is 5.43 Å². The molecule has 1 aromatic rings. The van der Waals surface area contributed by atoms with Crippen LogP contribution in [0.4, 0.5) is 0 Å². The molecule has 0 radical (unpaired) electrons. The summed E-state index contributed by atoms with van der Waals surface area (Å²) in [6.07, 6.45) is 0.209. The molecule has 1 aliphatic rings. The molecule has 0 aliphatic carbocycles. The molecule has 1 aromatic carbocycles. The van der Waals surface area contributed by atoms with Crippen LogP contribution in [0.15, 0.2) is 29.4 Å². The summed E-state index contributed by atoms with van der Waals surface area (Å²) in [7, 11) is 0. The van der Waals surface area contributed by atoms with Crippen molar-refractivity contribution in [1.29, 1.82) is 0 Å². The molecule has 6 heteroatoms. The highest BCUT2D eigenvalue weighted by Crippen LogP contribution is 2.19. The van der Waals surface area contributed by atoms with Crippen LogP contribution in [0.5, 0.6) is 5.75 Å². The maximum absolute atomic E-state index is 11.2. The highest BCUT2D eigenvalue weighted by molar-refractivity contribution is 6.06. The zero-order valence-corrected chi connectivity index (χ0v) is 10.4. The van der Waals surface area contributed by atoms with E-state index < -0.39 is 0 Å². The molecule has 1 amide bonds. The first-order valence-corrected chi connectivity index (χ1v) is 5.86. The van der Waals surface area contributed by atoms with Gasteiger partial charge in [-0.2, -0.15) is 5.10 Å². The Kier molecular flexibility index (Phi) is 3.91. The van der Waals surface area contributed by atoms with Crippen LogP contribution >= 0.6 is 0 Å². The molecule has 1 heterocycles. The highest BCUT2D eigenvalue weighted by atomic mass is 16.5. The second-order valence-electron chi connectivity index (χ2n) is 4.23. The van der Waals surface area contributed by atoms with Crippen LogP contribution < -0.4 is 10.2 Å². The Labute approximate surface area is 110 Å². The fourth-order valence-electron chi connectivity index (χ4n) is 1.89. The average Bonchev–Trinajstić information content (AvgIpc) is 2.39. The van der Waals surface area contributed by atoms with Gasteiger partial charge in [0.1, 0.15) is 5.75 Å². The summed E-state index contributed by atoms with van der Waals surface area (Å²) in [6, 6.07) is 6.75. The topological polar surface area (TPSA) is 88.0 Å². The number of aliphatic hydroxyl groups excluding tert-OH is 1. The van der Waals surface area contributed by atoms with Gasteiger partial charge in [0, 0.05) is 19.3 Å².